The first kappa shape index (κ1) is 16.2. The lowest BCUT2D eigenvalue weighted by Gasteiger charge is -2.46. The van der Waals surface area contributed by atoms with Gasteiger partial charge in [0.2, 0.25) is 0 Å². The second-order valence-electron chi connectivity index (χ2n) is 8.01. The predicted molar refractivity (Wildman–Crippen MR) is 94.8 cm³/mol. The van der Waals surface area contributed by atoms with Gasteiger partial charge < -0.3 is 4.74 Å². The molecule has 0 amide bonds. The highest BCUT2D eigenvalue weighted by Gasteiger charge is 2.87. The number of ether oxygens (including phenoxy) is 1. The molecule has 0 radical (unpaired) electrons. The number of aromatic nitrogens is 4. The summed E-state index contributed by atoms with van der Waals surface area (Å²) >= 11 is 0. The third-order valence-electron chi connectivity index (χ3n) is 6.93. The van der Waals surface area contributed by atoms with Gasteiger partial charge in [-0.15, -0.1) is 5.10 Å². The number of rotatable bonds is 4. The molecule has 0 N–H and O–H groups in total. The minimum absolute atomic E-state index is 0.0291. The van der Waals surface area contributed by atoms with E-state index in [0.717, 1.165) is 23.4 Å². The van der Waals surface area contributed by atoms with Crippen LogP contribution in [0.4, 0.5) is 8.78 Å². The van der Waals surface area contributed by atoms with E-state index in [1.54, 1.807) is 24.7 Å². The molecule has 0 saturated heterocycles. The Morgan fingerprint density at radius 2 is 2.00 bits per heavy atom. The number of fused-ring (bicyclic) bond motifs is 4. The first-order valence-electron chi connectivity index (χ1n) is 9.27. The molecule has 0 bridgehead atoms. The molecule has 5 nitrogen and oxygen atoms in total. The van der Waals surface area contributed by atoms with Gasteiger partial charge in [-0.3, -0.25) is 9.97 Å². The van der Waals surface area contributed by atoms with Gasteiger partial charge in [0.1, 0.15) is 17.2 Å². The summed E-state index contributed by atoms with van der Waals surface area (Å²) in [4.78, 5) is 8.35. The number of nitrogens with zero attached hydrogens (tertiary/aromatic N) is 4. The molecule has 3 aromatic rings. The number of hydrogen-bond acceptors (Lipinski definition) is 5. The Balaban J connectivity index is 1.40. The highest BCUT2D eigenvalue weighted by molar-refractivity contribution is 5.65. The van der Waals surface area contributed by atoms with Crippen LogP contribution in [0.15, 0.2) is 42.9 Å². The molecular formula is C21H16F2N4O. The summed E-state index contributed by atoms with van der Waals surface area (Å²) in [6.45, 7) is 2.54. The molecule has 6 rings (SSSR count). The number of benzene rings is 1. The van der Waals surface area contributed by atoms with Crippen molar-refractivity contribution in [2.45, 2.75) is 31.5 Å². The zero-order chi connectivity index (χ0) is 19.1. The first-order chi connectivity index (χ1) is 13.6. The predicted octanol–water partition coefficient (Wildman–Crippen LogP) is 3.76. The van der Waals surface area contributed by atoms with Gasteiger partial charge in [0, 0.05) is 17.8 Å². The molecule has 2 saturated carbocycles. The van der Waals surface area contributed by atoms with Crippen LogP contribution in [-0.4, -0.2) is 20.2 Å². The summed E-state index contributed by atoms with van der Waals surface area (Å²) in [5.41, 5.74) is 2.13. The molecule has 140 valence electrons. The average molecular weight is 378 g/mol. The molecule has 28 heavy (non-hydrogen) atoms. The van der Waals surface area contributed by atoms with Crippen molar-refractivity contribution in [1.82, 2.24) is 20.2 Å². The van der Waals surface area contributed by atoms with Gasteiger partial charge >= 0.3 is 0 Å². The molecule has 2 unspecified atom stereocenters. The highest BCUT2D eigenvalue weighted by atomic mass is 19.1. The van der Waals surface area contributed by atoms with Crippen molar-refractivity contribution in [3.63, 3.8) is 0 Å². The van der Waals surface area contributed by atoms with Gasteiger partial charge in [-0.05, 0) is 42.0 Å². The lowest BCUT2D eigenvalue weighted by Crippen LogP contribution is -2.47. The maximum Gasteiger partial charge on any atom is 0.135 e. The Morgan fingerprint density at radius 3 is 2.75 bits per heavy atom. The van der Waals surface area contributed by atoms with E-state index < -0.39 is 17.2 Å². The van der Waals surface area contributed by atoms with E-state index in [9.17, 15) is 8.78 Å². The lowest BCUT2D eigenvalue weighted by atomic mass is 9.68. The molecule has 0 aliphatic heterocycles. The Labute approximate surface area is 159 Å². The van der Waals surface area contributed by atoms with Crippen molar-refractivity contribution in [3.8, 4) is 11.3 Å². The van der Waals surface area contributed by atoms with Gasteiger partial charge in [-0.1, -0.05) is 13.0 Å². The average Bonchev–Trinajstić information content (AvgIpc) is 3.15. The van der Waals surface area contributed by atoms with Crippen LogP contribution in [0, 0.1) is 23.0 Å². The quantitative estimate of drug-likeness (QED) is 0.692. The van der Waals surface area contributed by atoms with Crippen LogP contribution in [0.3, 0.4) is 0 Å². The van der Waals surface area contributed by atoms with Crippen molar-refractivity contribution < 1.29 is 13.5 Å². The van der Waals surface area contributed by atoms with Crippen LogP contribution in [-0.2, 0) is 16.9 Å². The van der Waals surface area contributed by atoms with Crippen molar-refractivity contribution in [2.24, 2.45) is 11.3 Å². The monoisotopic (exact) mass is 378 g/mol. The summed E-state index contributed by atoms with van der Waals surface area (Å²) in [5.74, 6) is -0.452. The van der Waals surface area contributed by atoms with Gasteiger partial charge in [0.25, 0.3) is 0 Å². The molecule has 1 aromatic carbocycles. The number of halogens is 2. The van der Waals surface area contributed by atoms with Crippen LogP contribution >= 0.6 is 0 Å². The third kappa shape index (κ3) is 1.78. The van der Waals surface area contributed by atoms with Gasteiger partial charge in [-0.2, -0.15) is 5.10 Å². The topological polar surface area (TPSA) is 60.8 Å². The van der Waals surface area contributed by atoms with Crippen LogP contribution in [0.2, 0.25) is 0 Å². The van der Waals surface area contributed by atoms with Crippen molar-refractivity contribution >= 4 is 0 Å². The highest BCUT2D eigenvalue weighted by Crippen LogP contribution is 2.89. The SMILES string of the molecule is CC12C3C[C@]1(OCc1cnccn1)c1nnc(-c4c(F)cccc4F)cc1[C@H]32. The zero-order valence-electron chi connectivity index (χ0n) is 15.1. The van der Waals surface area contributed by atoms with Crippen molar-refractivity contribution in [1.29, 1.82) is 0 Å². The van der Waals surface area contributed by atoms with Gasteiger partial charge in [0.05, 0.1) is 35.4 Å². The summed E-state index contributed by atoms with van der Waals surface area (Å²) in [6.07, 6.45) is 5.84. The molecule has 3 aliphatic carbocycles. The first-order valence-corrected chi connectivity index (χ1v) is 9.27. The maximum absolute atomic E-state index is 14.2. The Kier molecular flexibility index (Phi) is 2.99. The summed E-state index contributed by atoms with van der Waals surface area (Å²) < 4.78 is 34.8. The third-order valence-corrected chi connectivity index (χ3v) is 6.93. The Morgan fingerprint density at radius 1 is 1.18 bits per heavy atom. The van der Waals surface area contributed by atoms with Crippen LogP contribution in [0.1, 0.15) is 36.2 Å². The van der Waals surface area contributed by atoms with E-state index in [1.807, 2.05) is 0 Å². The molecule has 2 fully saturated rings. The van der Waals surface area contributed by atoms with E-state index in [1.165, 1.54) is 18.2 Å². The van der Waals surface area contributed by atoms with Crippen LogP contribution < -0.4 is 0 Å². The Bertz CT molecular complexity index is 1100. The van der Waals surface area contributed by atoms with Crippen molar-refractivity contribution in [2.75, 3.05) is 0 Å². The minimum atomic E-state index is -0.635. The summed E-state index contributed by atoms with van der Waals surface area (Å²) in [6, 6.07) is 5.60. The largest absolute Gasteiger partial charge is 0.362 e. The molecule has 4 atom stereocenters. The van der Waals surface area contributed by atoms with Gasteiger partial charge in [0.15, 0.2) is 0 Å². The fourth-order valence-electron chi connectivity index (χ4n) is 5.48. The van der Waals surface area contributed by atoms with E-state index >= 15 is 0 Å². The minimum Gasteiger partial charge on any atom is -0.362 e. The summed E-state index contributed by atoms with van der Waals surface area (Å²) in [7, 11) is 0. The second kappa shape index (κ2) is 5.17. The molecular weight excluding hydrogens is 362 g/mol. The number of hydrogen-bond donors (Lipinski definition) is 0. The van der Waals surface area contributed by atoms with E-state index in [-0.39, 0.29) is 16.7 Å². The molecule has 3 aliphatic rings. The van der Waals surface area contributed by atoms with E-state index in [4.69, 9.17) is 4.74 Å². The van der Waals surface area contributed by atoms with Crippen LogP contribution in [0.5, 0.6) is 0 Å². The van der Waals surface area contributed by atoms with Crippen molar-refractivity contribution in [3.05, 3.63) is 71.4 Å². The molecule has 0 spiro atoms. The van der Waals surface area contributed by atoms with E-state index in [0.29, 0.717) is 18.4 Å². The van der Waals surface area contributed by atoms with E-state index in [2.05, 4.69) is 27.1 Å². The summed E-state index contributed by atoms with van der Waals surface area (Å²) in [5, 5.41) is 8.57. The lowest BCUT2D eigenvalue weighted by molar-refractivity contribution is -0.166. The maximum atomic E-state index is 14.2. The smallest absolute Gasteiger partial charge is 0.135 e. The fourth-order valence-corrected chi connectivity index (χ4v) is 5.48. The van der Waals surface area contributed by atoms with Gasteiger partial charge in [-0.25, -0.2) is 8.78 Å². The zero-order valence-corrected chi connectivity index (χ0v) is 15.1. The Hall–Kier alpha value is -2.80. The molecule has 7 heteroatoms. The molecule has 2 heterocycles. The second-order valence-corrected chi connectivity index (χ2v) is 8.01. The normalized spacial score (nSPS) is 31.1. The molecule has 2 aromatic heterocycles. The fraction of sp³-hybridized carbons (Fsp3) is 0.333. The van der Waals surface area contributed by atoms with Crippen LogP contribution in [0.25, 0.3) is 11.3 Å². The standard InChI is InChI=1S/C21H16F2N4O/c1-20-13-8-21(20,28-10-11-9-24-5-6-25-11)19-12(18(13)20)7-16(26-27-19)17-14(22)3-2-4-15(17)23/h2-7,9,13,18H,8,10H2,1H3/t13?,18-,20?,21+/m1/s1.